The Kier molecular flexibility index (Phi) is 7.24. The van der Waals surface area contributed by atoms with Crippen LogP contribution in [0.3, 0.4) is 0 Å². The van der Waals surface area contributed by atoms with Gasteiger partial charge in [0.15, 0.2) is 0 Å². The molecule has 1 aromatic heterocycles. The predicted molar refractivity (Wildman–Crippen MR) is 86.0 cm³/mol. The maximum atomic E-state index is 4.54. The van der Waals surface area contributed by atoms with E-state index >= 15 is 0 Å². The highest BCUT2D eigenvalue weighted by molar-refractivity contribution is 5.19. The van der Waals surface area contributed by atoms with Crippen LogP contribution in [-0.2, 0) is 13.6 Å². The summed E-state index contributed by atoms with van der Waals surface area (Å²) in [5, 5.41) is 8.08. The summed E-state index contributed by atoms with van der Waals surface area (Å²) in [7, 11) is 4.19. The number of hydrogen-bond donors (Lipinski definition) is 1. The van der Waals surface area contributed by atoms with Gasteiger partial charge in [-0.15, -0.1) is 0 Å². The quantitative estimate of drug-likeness (QED) is 0.706. The van der Waals surface area contributed by atoms with Crippen molar-refractivity contribution in [2.75, 3.05) is 20.1 Å². The van der Waals surface area contributed by atoms with E-state index in [-0.39, 0.29) is 0 Å². The number of aromatic nitrogens is 2. The van der Waals surface area contributed by atoms with E-state index in [1.54, 1.807) is 0 Å². The number of aryl methyl sites for hydroxylation is 1. The Balaban J connectivity index is 2.22. The Morgan fingerprint density at radius 2 is 1.95 bits per heavy atom. The molecule has 1 N–H and O–H groups in total. The van der Waals surface area contributed by atoms with Gasteiger partial charge in [-0.2, -0.15) is 5.10 Å². The molecule has 0 radical (unpaired) electrons. The monoisotopic (exact) mass is 280 g/mol. The van der Waals surface area contributed by atoms with Gasteiger partial charge in [0.2, 0.25) is 0 Å². The minimum absolute atomic E-state index is 0.493. The first-order valence-electron chi connectivity index (χ1n) is 7.85. The smallest absolute Gasteiger partial charge is 0.0694 e. The summed E-state index contributed by atoms with van der Waals surface area (Å²) in [6.07, 6.45) is 4.62. The molecule has 0 aromatic carbocycles. The van der Waals surface area contributed by atoms with E-state index in [1.807, 2.05) is 11.7 Å². The summed E-state index contributed by atoms with van der Waals surface area (Å²) >= 11 is 0. The van der Waals surface area contributed by atoms with Crippen molar-refractivity contribution in [3.63, 3.8) is 0 Å². The number of unbranched alkanes of at least 4 members (excludes halogenated alkanes) is 1. The fourth-order valence-electron chi connectivity index (χ4n) is 2.27. The van der Waals surface area contributed by atoms with Crippen molar-refractivity contribution in [2.24, 2.45) is 7.05 Å². The van der Waals surface area contributed by atoms with Gasteiger partial charge in [-0.05, 0) is 52.7 Å². The van der Waals surface area contributed by atoms with Gasteiger partial charge in [0.1, 0.15) is 0 Å². The second-order valence-corrected chi connectivity index (χ2v) is 6.33. The Bertz CT molecular complexity index is 382. The van der Waals surface area contributed by atoms with Crippen LogP contribution in [0.5, 0.6) is 0 Å². The third-order valence-electron chi connectivity index (χ3n) is 3.80. The summed E-state index contributed by atoms with van der Waals surface area (Å²) < 4.78 is 1.92. The second kappa shape index (κ2) is 8.42. The second-order valence-electron chi connectivity index (χ2n) is 6.33. The first-order chi connectivity index (χ1) is 9.41. The minimum Gasteiger partial charge on any atom is -0.313 e. The maximum absolute atomic E-state index is 4.54. The van der Waals surface area contributed by atoms with Crippen molar-refractivity contribution < 1.29 is 0 Å². The van der Waals surface area contributed by atoms with Gasteiger partial charge >= 0.3 is 0 Å². The van der Waals surface area contributed by atoms with Gasteiger partial charge < -0.3 is 10.2 Å². The lowest BCUT2D eigenvalue weighted by Gasteiger charge is -2.20. The van der Waals surface area contributed by atoms with Crippen LogP contribution in [0, 0.1) is 0 Å². The third-order valence-corrected chi connectivity index (χ3v) is 3.80. The number of rotatable bonds is 9. The van der Waals surface area contributed by atoms with Crippen molar-refractivity contribution in [3.05, 3.63) is 17.5 Å². The van der Waals surface area contributed by atoms with E-state index in [9.17, 15) is 0 Å². The number of hydrogen-bond acceptors (Lipinski definition) is 3. The molecule has 20 heavy (non-hydrogen) atoms. The largest absolute Gasteiger partial charge is 0.313 e. The molecule has 4 heteroatoms. The molecule has 0 fully saturated rings. The van der Waals surface area contributed by atoms with E-state index in [0.29, 0.717) is 12.0 Å². The summed E-state index contributed by atoms with van der Waals surface area (Å²) in [5.41, 5.74) is 2.56. The summed E-state index contributed by atoms with van der Waals surface area (Å²) in [6.45, 7) is 12.1. The maximum Gasteiger partial charge on any atom is 0.0694 e. The minimum atomic E-state index is 0.493. The molecule has 0 spiro atoms. The van der Waals surface area contributed by atoms with Gasteiger partial charge in [0.25, 0.3) is 0 Å². The van der Waals surface area contributed by atoms with Crippen molar-refractivity contribution >= 4 is 0 Å². The van der Waals surface area contributed by atoms with Crippen LogP contribution in [0.15, 0.2) is 6.20 Å². The van der Waals surface area contributed by atoms with Gasteiger partial charge in [-0.25, -0.2) is 0 Å². The Morgan fingerprint density at radius 1 is 1.25 bits per heavy atom. The Labute approximate surface area is 124 Å². The lowest BCUT2D eigenvalue weighted by Crippen LogP contribution is -2.27. The highest BCUT2D eigenvalue weighted by Gasteiger charge is 2.10. The molecule has 0 saturated heterocycles. The molecule has 0 amide bonds. The van der Waals surface area contributed by atoms with E-state index in [0.717, 1.165) is 13.1 Å². The first kappa shape index (κ1) is 17.2. The SMILES string of the molecule is CC(C)c1nn(C)cc1CNCCCCN(C)C(C)C. The van der Waals surface area contributed by atoms with Crippen LogP contribution in [0.4, 0.5) is 0 Å². The lowest BCUT2D eigenvalue weighted by atomic mass is 10.1. The molecule has 4 nitrogen and oxygen atoms in total. The van der Waals surface area contributed by atoms with Gasteiger partial charge in [-0.1, -0.05) is 13.8 Å². The summed E-state index contributed by atoms with van der Waals surface area (Å²) in [5.74, 6) is 0.493. The average molecular weight is 280 g/mol. The van der Waals surface area contributed by atoms with Crippen LogP contribution in [0.1, 0.15) is 57.7 Å². The molecule has 0 bridgehead atoms. The predicted octanol–water partition coefficient (Wildman–Crippen LogP) is 2.75. The van der Waals surface area contributed by atoms with Gasteiger partial charge in [0.05, 0.1) is 5.69 Å². The van der Waals surface area contributed by atoms with Crippen LogP contribution >= 0.6 is 0 Å². The highest BCUT2D eigenvalue weighted by Crippen LogP contribution is 2.16. The number of nitrogens with one attached hydrogen (secondary N) is 1. The van der Waals surface area contributed by atoms with E-state index < -0.39 is 0 Å². The van der Waals surface area contributed by atoms with Crippen molar-refractivity contribution in [3.8, 4) is 0 Å². The zero-order chi connectivity index (χ0) is 15.1. The molecule has 0 saturated carbocycles. The molecule has 0 aliphatic rings. The summed E-state index contributed by atoms with van der Waals surface area (Å²) in [4.78, 5) is 2.40. The standard InChI is InChI=1S/C16H32N4/c1-13(2)16-15(12-20(6)18-16)11-17-9-7-8-10-19(5)14(3)4/h12-14,17H,7-11H2,1-6H3. The molecule has 0 aliphatic carbocycles. The Morgan fingerprint density at radius 3 is 2.55 bits per heavy atom. The van der Waals surface area contributed by atoms with Crippen molar-refractivity contribution in [2.45, 2.75) is 59.0 Å². The summed E-state index contributed by atoms with van der Waals surface area (Å²) in [6, 6.07) is 0.645. The van der Waals surface area contributed by atoms with Crippen LogP contribution in [-0.4, -0.2) is 40.9 Å². The van der Waals surface area contributed by atoms with Crippen LogP contribution in [0.25, 0.3) is 0 Å². The molecule has 0 aliphatic heterocycles. The van der Waals surface area contributed by atoms with Crippen molar-refractivity contribution in [1.82, 2.24) is 20.0 Å². The molecule has 116 valence electrons. The van der Waals surface area contributed by atoms with E-state index in [1.165, 1.54) is 30.6 Å². The molecule has 0 atom stereocenters. The molecular formula is C16H32N4. The fourth-order valence-corrected chi connectivity index (χ4v) is 2.27. The molecular weight excluding hydrogens is 248 g/mol. The average Bonchev–Trinajstić information content (AvgIpc) is 2.74. The molecule has 1 rings (SSSR count). The number of nitrogens with zero attached hydrogens (tertiary/aromatic N) is 3. The Hall–Kier alpha value is -0.870. The van der Waals surface area contributed by atoms with Crippen LogP contribution in [0.2, 0.25) is 0 Å². The topological polar surface area (TPSA) is 33.1 Å². The molecule has 1 heterocycles. The van der Waals surface area contributed by atoms with E-state index in [2.05, 4.69) is 56.3 Å². The lowest BCUT2D eigenvalue weighted by molar-refractivity contribution is 0.268. The zero-order valence-corrected chi connectivity index (χ0v) is 14.1. The zero-order valence-electron chi connectivity index (χ0n) is 14.1. The normalized spacial score (nSPS) is 12.1. The van der Waals surface area contributed by atoms with E-state index in [4.69, 9.17) is 0 Å². The van der Waals surface area contributed by atoms with Gasteiger partial charge in [-0.3, -0.25) is 4.68 Å². The molecule has 1 aromatic rings. The van der Waals surface area contributed by atoms with Gasteiger partial charge in [0, 0.05) is 31.4 Å². The molecule has 0 unspecified atom stereocenters. The third kappa shape index (κ3) is 5.63. The first-order valence-corrected chi connectivity index (χ1v) is 7.85. The fraction of sp³-hybridized carbons (Fsp3) is 0.812. The van der Waals surface area contributed by atoms with Crippen molar-refractivity contribution in [1.29, 1.82) is 0 Å². The highest BCUT2D eigenvalue weighted by atomic mass is 15.3. The van der Waals surface area contributed by atoms with Crippen LogP contribution < -0.4 is 5.32 Å².